The second-order valence-corrected chi connectivity index (χ2v) is 7.80. The summed E-state index contributed by atoms with van der Waals surface area (Å²) in [6.45, 7) is 5.28. The Morgan fingerprint density at radius 2 is 1.90 bits per heavy atom. The van der Waals surface area contributed by atoms with Gasteiger partial charge < -0.3 is 9.80 Å². The molecule has 0 aliphatic carbocycles. The van der Waals surface area contributed by atoms with Gasteiger partial charge in [0.25, 0.3) is 5.69 Å². The molecule has 9 heteroatoms. The molecular formula is C21H24N6O3. The normalized spacial score (nSPS) is 17.7. The van der Waals surface area contributed by atoms with Crippen LogP contribution in [-0.2, 0) is 4.79 Å². The van der Waals surface area contributed by atoms with E-state index < -0.39 is 4.92 Å². The number of nitro groups is 1. The number of carbonyl (C=O) groups is 1. The standard InChI is InChI=1S/C21H24N6O3/c22-14-16-12-20(23-19-5-4-17(27(29)30)13-18(16)19)25-9-3-6-24(10-11-25)15-21(28)26-7-1-2-8-26/h4-5,12-13H,1-3,6-11,15H2. The Labute approximate surface area is 174 Å². The molecule has 0 N–H and O–H groups in total. The summed E-state index contributed by atoms with van der Waals surface area (Å²) >= 11 is 0. The van der Waals surface area contributed by atoms with Crippen molar-refractivity contribution in [3.8, 4) is 6.07 Å². The fraction of sp³-hybridized carbons (Fsp3) is 0.476. The van der Waals surface area contributed by atoms with Gasteiger partial charge in [0.1, 0.15) is 5.82 Å². The number of fused-ring (bicyclic) bond motifs is 1. The summed E-state index contributed by atoms with van der Waals surface area (Å²) in [4.78, 5) is 34.0. The van der Waals surface area contributed by atoms with Gasteiger partial charge >= 0.3 is 0 Å². The van der Waals surface area contributed by atoms with Crippen LogP contribution in [-0.4, -0.2) is 71.4 Å². The summed E-state index contributed by atoms with van der Waals surface area (Å²) in [5.74, 6) is 0.902. The largest absolute Gasteiger partial charge is 0.355 e. The summed E-state index contributed by atoms with van der Waals surface area (Å²) in [5, 5.41) is 21.1. The van der Waals surface area contributed by atoms with Gasteiger partial charge in [0.15, 0.2) is 0 Å². The molecule has 1 aromatic carbocycles. The van der Waals surface area contributed by atoms with Crippen molar-refractivity contribution in [3.63, 3.8) is 0 Å². The van der Waals surface area contributed by atoms with E-state index >= 15 is 0 Å². The molecule has 0 atom stereocenters. The third-order valence-electron chi connectivity index (χ3n) is 5.84. The molecule has 4 rings (SSSR count). The molecule has 2 fully saturated rings. The summed E-state index contributed by atoms with van der Waals surface area (Å²) in [5.41, 5.74) is 0.894. The molecule has 2 saturated heterocycles. The molecule has 0 unspecified atom stereocenters. The van der Waals surface area contributed by atoms with Gasteiger partial charge in [0.2, 0.25) is 5.91 Å². The van der Waals surface area contributed by atoms with Crippen molar-refractivity contribution in [2.24, 2.45) is 0 Å². The van der Waals surface area contributed by atoms with Gasteiger partial charge in [0, 0.05) is 56.8 Å². The smallest absolute Gasteiger partial charge is 0.270 e. The molecule has 2 aliphatic heterocycles. The fourth-order valence-electron chi connectivity index (χ4n) is 4.18. The highest BCUT2D eigenvalue weighted by Gasteiger charge is 2.23. The van der Waals surface area contributed by atoms with E-state index in [2.05, 4.69) is 20.9 Å². The maximum atomic E-state index is 12.5. The number of likely N-dealkylation sites (tertiary alicyclic amines) is 1. The van der Waals surface area contributed by atoms with Crippen LogP contribution in [0.1, 0.15) is 24.8 Å². The molecule has 9 nitrogen and oxygen atoms in total. The molecule has 0 saturated carbocycles. The number of nitrogens with zero attached hydrogens (tertiary/aromatic N) is 6. The lowest BCUT2D eigenvalue weighted by molar-refractivity contribution is -0.384. The van der Waals surface area contributed by atoms with Crippen LogP contribution in [0.5, 0.6) is 0 Å². The van der Waals surface area contributed by atoms with Crippen LogP contribution in [0.4, 0.5) is 11.5 Å². The number of amides is 1. The van der Waals surface area contributed by atoms with Crippen LogP contribution >= 0.6 is 0 Å². The van der Waals surface area contributed by atoms with Crippen LogP contribution in [0.3, 0.4) is 0 Å². The van der Waals surface area contributed by atoms with Crippen molar-refractivity contribution in [2.75, 3.05) is 50.7 Å². The quantitative estimate of drug-likeness (QED) is 0.563. The summed E-state index contributed by atoms with van der Waals surface area (Å²) in [6.07, 6.45) is 3.09. The first-order chi connectivity index (χ1) is 14.5. The average Bonchev–Trinajstić information content (AvgIpc) is 3.20. The molecule has 156 valence electrons. The van der Waals surface area contributed by atoms with Crippen molar-refractivity contribution in [1.82, 2.24) is 14.8 Å². The lowest BCUT2D eigenvalue weighted by atomic mass is 10.1. The van der Waals surface area contributed by atoms with Crippen molar-refractivity contribution >= 4 is 28.3 Å². The van der Waals surface area contributed by atoms with Gasteiger partial charge in [0.05, 0.1) is 28.6 Å². The molecule has 0 bridgehead atoms. The van der Waals surface area contributed by atoms with Crippen LogP contribution < -0.4 is 4.90 Å². The predicted octanol–water partition coefficient (Wildman–Crippen LogP) is 2.15. The molecule has 2 aromatic rings. The lowest BCUT2D eigenvalue weighted by Gasteiger charge is -2.24. The Kier molecular flexibility index (Phi) is 5.77. The zero-order valence-corrected chi connectivity index (χ0v) is 16.8. The molecule has 1 aromatic heterocycles. The number of non-ortho nitro benzene ring substituents is 1. The molecule has 0 spiro atoms. The monoisotopic (exact) mass is 408 g/mol. The minimum Gasteiger partial charge on any atom is -0.355 e. The Hall–Kier alpha value is -3.25. The Bertz CT molecular complexity index is 1010. The number of rotatable bonds is 4. The number of hydrogen-bond donors (Lipinski definition) is 0. The lowest BCUT2D eigenvalue weighted by Crippen LogP contribution is -2.40. The van der Waals surface area contributed by atoms with E-state index in [1.165, 1.54) is 12.1 Å². The number of anilines is 1. The van der Waals surface area contributed by atoms with E-state index in [9.17, 15) is 20.2 Å². The third kappa shape index (κ3) is 4.19. The number of pyridine rings is 1. The van der Waals surface area contributed by atoms with Crippen molar-refractivity contribution in [2.45, 2.75) is 19.3 Å². The minimum atomic E-state index is -0.471. The first-order valence-corrected chi connectivity index (χ1v) is 10.3. The second kappa shape index (κ2) is 8.63. The van der Waals surface area contributed by atoms with E-state index in [-0.39, 0.29) is 11.6 Å². The number of hydrogen-bond acceptors (Lipinski definition) is 7. The Balaban J connectivity index is 1.50. The molecule has 0 radical (unpaired) electrons. The highest BCUT2D eigenvalue weighted by Crippen LogP contribution is 2.27. The zero-order valence-electron chi connectivity index (χ0n) is 16.8. The van der Waals surface area contributed by atoms with E-state index in [4.69, 9.17) is 0 Å². The van der Waals surface area contributed by atoms with Crippen molar-refractivity contribution in [3.05, 3.63) is 39.9 Å². The second-order valence-electron chi connectivity index (χ2n) is 7.80. The number of carbonyl (C=O) groups excluding carboxylic acids is 1. The Morgan fingerprint density at radius 1 is 1.10 bits per heavy atom. The van der Waals surface area contributed by atoms with E-state index in [0.29, 0.717) is 35.4 Å². The topological polar surface area (TPSA) is 107 Å². The van der Waals surface area contributed by atoms with Crippen LogP contribution in [0.15, 0.2) is 24.3 Å². The van der Waals surface area contributed by atoms with Crippen molar-refractivity contribution in [1.29, 1.82) is 5.26 Å². The number of nitriles is 1. The predicted molar refractivity (Wildman–Crippen MR) is 112 cm³/mol. The number of aromatic nitrogens is 1. The maximum absolute atomic E-state index is 12.5. The van der Waals surface area contributed by atoms with Gasteiger partial charge in [-0.3, -0.25) is 19.8 Å². The summed E-state index contributed by atoms with van der Waals surface area (Å²) in [7, 11) is 0. The first kappa shape index (κ1) is 20.0. The van der Waals surface area contributed by atoms with Crippen LogP contribution in [0.2, 0.25) is 0 Å². The number of nitro benzene ring substituents is 1. The molecular weight excluding hydrogens is 384 g/mol. The van der Waals surface area contributed by atoms with Crippen LogP contribution in [0, 0.1) is 21.4 Å². The summed E-state index contributed by atoms with van der Waals surface area (Å²) in [6, 6.07) is 8.26. The highest BCUT2D eigenvalue weighted by molar-refractivity contribution is 5.88. The van der Waals surface area contributed by atoms with Gasteiger partial charge in [-0.25, -0.2) is 4.98 Å². The Morgan fingerprint density at radius 3 is 2.63 bits per heavy atom. The highest BCUT2D eigenvalue weighted by atomic mass is 16.6. The first-order valence-electron chi connectivity index (χ1n) is 10.3. The van der Waals surface area contributed by atoms with Crippen LogP contribution in [0.25, 0.3) is 10.9 Å². The SMILES string of the molecule is N#Cc1cc(N2CCCN(CC(=O)N3CCCC3)CC2)nc2ccc([N+](=O)[O-])cc12. The molecule has 30 heavy (non-hydrogen) atoms. The minimum absolute atomic E-state index is 0.0540. The summed E-state index contributed by atoms with van der Waals surface area (Å²) < 4.78 is 0. The van der Waals surface area contributed by atoms with Crippen molar-refractivity contribution < 1.29 is 9.72 Å². The van der Waals surface area contributed by atoms with Gasteiger partial charge in [-0.2, -0.15) is 5.26 Å². The maximum Gasteiger partial charge on any atom is 0.270 e. The zero-order chi connectivity index (χ0) is 21.1. The van der Waals surface area contributed by atoms with Gasteiger partial charge in [-0.1, -0.05) is 0 Å². The third-order valence-corrected chi connectivity index (χ3v) is 5.84. The van der Waals surface area contributed by atoms with Gasteiger partial charge in [-0.05, 0) is 31.4 Å². The van der Waals surface area contributed by atoms with E-state index in [0.717, 1.165) is 52.0 Å². The molecule has 2 aliphatic rings. The van der Waals surface area contributed by atoms with Gasteiger partial charge in [-0.15, -0.1) is 0 Å². The number of benzene rings is 1. The molecule has 1 amide bonds. The fourth-order valence-corrected chi connectivity index (χ4v) is 4.18. The van der Waals surface area contributed by atoms with E-state index in [1.54, 1.807) is 12.1 Å². The average molecular weight is 408 g/mol. The van der Waals surface area contributed by atoms with E-state index in [1.807, 2.05) is 4.90 Å². The molecule has 3 heterocycles.